The smallest absolute Gasteiger partial charge is 0.00145 e. The van der Waals surface area contributed by atoms with E-state index in [1.807, 2.05) is 7.05 Å². The van der Waals surface area contributed by atoms with Gasteiger partial charge in [0.2, 0.25) is 0 Å². The Balaban J connectivity index is 2.85. The van der Waals surface area contributed by atoms with Crippen molar-refractivity contribution in [1.82, 2.24) is 5.32 Å². The van der Waals surface area contributed by atoms with Crippen LogP contribution < -0.4 is 5.32 Å². The quantitative estimate of drug-likeness (QED) is 0.745. The molecule has 0 spiro atoms. The zero-order valence-corrected chi connectivity index (χ0v) is 8.80. The number of benzene rings is 1. The van der Waals surface area contributed by atoms with E-state index in [-0.39, 0.29) is 0 Å². The molecule has 0 radical (unpaired) electrons. The van der Waals surface area contributed by atoms with Crippen molar-refractivity contribution in [3.8, 4) is 0 Å². The Kier molecular flexibility index (Phi) is 3.97. The molecule has 1 rings (SSSR count). The maximum Gasteiger partial charge on any atom is 0.00145 e. The molecule has 1 aromatic rings. The van der Waals surface area contributed by atoms with Crippen LogP contribution in [0.15, 0.2) is 24.3 Å². The number of rotatable bonds is 4. The first-order chi connectivity index (χ1) is 6.29. The molecular formula is C12H19N. The van der Waals surface area contributed by atoms with Crippen molar-refractivity contribution in [1.29, 1.82) is 0 Å². The Hall–Kier alpha value is -0.820. The fourth-order valence-corrected chi connectivity index (χ4v) is 1.75. The molecule has 0 aliphatic heterocycles. The second kappa shape index (κ2) is 5.03. The summed E-state index contributed by atoms with van der Waals surface area (Å²) >= 11 is 0. The van der Waals surface area contributed by atoms with Gasteiger partial charge >= 0.3 is 0 Å². The van der Waals surface area contributed by atoms with Crippen molar-refractivity contribution in [2.45, 2.75) is 26.2 Å². The fraction of sp³-hybridized carbons (Fsp3) is 0.500. The molecule has 0 fully saturated rings. The average molecular weight is 177 g/mol. The van der Waals surface area contributed by atoms with Crippen molar-refractivity contribution in [3.05, 3.63) is 35.4 Å². The first-order valence-electron chi connectivity index (χ1n) is 5.02. The van der Waals surface area contributed by atoms with Crippen LogP contribution in [0, 0.1) is 0 Å². The first kappa shape index (κ1) is 10.3. The van der Waals surface area contributed by atoms with Gasteiger partial charge in [-0.3, -0.25) is 0 Å². The second-order valence-corrected chi connectivity index (χ2v) is 3.51. The summed E-state index contributed by atoms with van der Waals surface area (Å²) in [6.07, 6.45) is 1.13. The highest BCUT2D eigenvalue weighted by Crippen LogP contribution is 2.19. The molecule has 0 heterocycles. The first-order valence-corrected chi connectivity index (χ1v) is 5.02. The molecule has 1 unspecified atom stereocenters. The molecule has 0 saturated carbocycles. The van der Waals surface area contributed by atoms with E-state index in [1.54, 1.807) is 0 Å². The highest BCUT2D eigenvalue weighted by Gasteiger charge is 2.07. The Labute approximate surface area is 81.2 Å². The molecule has 1 N–H and O–H groups in total. The monoisotopic (exact) mass is 177 g/mol. The predicted molar refractivity (Wildman–Crippen MR) is 58.2 cm³/mol. The van der Waals surface area contributed by atoms with Gasteiger partial charge in [-0.2, -0.15) is 0 Å². The number of hydrogen-bond acceptors (Lipinski definition) is 1. The van der Waals surface area contributed by atoms with Gasteiger partial charge in [-0.1, -0.05) is 38.1 Å². The zero-order valence-electron chi connectivity index (χ0n) is 8.80. The van der Waals surface area contributed by atoms with E-state index in [1.165, 1.54) is 11.1 Å². The summed E-state index contributed by atoms with van der Waals surface area (Å²) in [5.41, 5.74) is 2.96. The summed E-state index contributed by atoms with van der Waals surface area (Å²) < 4.78 is 0. The van der Waals surface area contributed by atoms with Gasteiger partial charge < -0.3 is 5.32 Å². The Morgan fingerprint density at radius 2 is 2.00 bits per heavy atom. The lowest BCUT2D eigenvalue weighted by Crippen LogP contribution is -2.15. The summed E-state index contributed by atoms with van der Waals surface area (Å²) in [4.78, 5) is 0. The van der Waals surface area contributed by atoms with Crippen molar-refractivity contribution >= 4 is 0 Å². The molecule has 0 bridgehead atoms. The molecule has 0 amide bonds. The van der Waals surface area contributed by atoms with Crippen LogP contribution in [0.5, 0.6) is 0 Å². The van der Waals surface area contributed by atoms with E-state index in [0.717, 1.165) is 13.0 Å². The van der Waals surface area contributed by atoms with E-state index >= 15 is 0 Å². The summed E-state index contributed by atoms with van der Waals surface area (Å²) in [5, 5.41) is 3.22. The van der Waals surface area contributed by atoms with Gasteiger partial charge in [0.15, 0.2) is 0 Å². The molecule has 0 aliphatic carbocycles. The van der Waals surface area contributed by atoms with Crippen molar-refractivity contribution in [2.75, 3.05) is 13.6 Å². The van der Waals surface area contributed by atoms with Gasteiger partial charge in [0.25, 0.3) is 0 Å². The number of likely N-dealkylation sites (N-methyl/N-ethyl adjacent to an activating group) is 1. The van der Waals surface area contributed by atoms with Crippen LogP contribution in [-0.2, 0) is 6.42 Å². The molecule has 1 nitrogen and oxygen atoms in total. The number of aryl methyl sites for hydroxylation is 1. The summed E-state index contributed by atoms with van der Waals surface area (Å²) in [6, 6.07) is 8.71. The maximum absolute atomic E-state index is 3.22. The zero-order chi connectivity index (χ0) is 9.68. The van der Waals surface area contributed by atoms with Crippen LogP contribution in [0.25, 0.3) is 0 Å². The van der Waals surface area contributed by atoms with Gasteiger partial charge in [0, 0.05) is 6.54 Å². The summed E-state index contributed by atoms with van der Waals surface area (Å²) in [7, 11) is 2.01. The minimum absolute atomic E-state index is 0.612. The van der Waals surface area contributed by atoms with Crippen molar-refractivity contribution in [2.24, 2.45) is 0 Å². The third-order valence-electron chi connectivity index (χ3n) is 2.48. The SMILES string of the molecule is CCc1ccccc1C(C)CNC. The van der Waals surface area contributed by atoms with Gasteiger partial charge in [-0.25, -0.2) is 0 Å². The van der Waals surface area contributed by atoms with Crippen molar-refractivity contribution in [3.63, 3.8) is 0 Å². The Morgan fingerprint density at radius 1 is 1.31 bits per heavy atom. The molecule has 1 atom stereocenters. The summed E-state index contributed by atoms with van der Waals surface area (Å²) in [5.74, 6) is 0.612. The lowest BCUT2D eigenvalue weighted by Gasteiger charge is -2.14. The molecular weight excluding hydrogens is 158 g/mol. The standard InChI is InChI=1S/C12H19N/c1-4-11-7-5-6-8-12(11)10(2)9-13-3/h5-8,10,13H,4,9H2,1-3H3. The van der Waals surface area contributed by atoms with Gasteiger partial charge in [0.1, 0.15) is 0 Å². The minimum atomic E-state index is 0.612. The number of hydrogen-bond donors (Lipinski definition) is 1. The fourth-order valence-electron chi connectivity index (χ4n) is 1.75. The van der Waals surface area contributed by atoms with Crippen molar-refractivity contribution < 1.29 is 0 Å². The van der Waals surface area contributed by atoms with Crippen LogP contribution in [0.2, 0.25) is 0 Å². The van der Waals surface area contributed by atoms with Crippen LogP contribution >= 0.6 is 0 Å². The summed E-state index contributed by atoms with van der Waals surface area (Å²) in [6.45, 7) is 5.53. The second-order valence-electron chi connectivity index (χ2n) is 3.51. The van der Waals surface area contributed by atoms with E-state index in [4.69, 9.17) is 0 Å². The van der Waals surface area contributed by atoms with E-state index in [0.29, 0.717) is 5.92 Å². The normalized spacial score (nSPS) is 12.8. The highest BCUT2D eigenvalue weighted by molar-refractivity contribution is 5.30. The third-order valence-corrected chi connectivity index (χ3v) is 2.48. The van der Waals surface area contributed by atoms with Crippen LogP contribution in [0.3, 0.4) is 0 Å². The molecule has 72 valence electrons. The van der Waals surface area contributed by atoms with E-state index in [2.05, 4.69) is 43.4 Å². The van der Waals surface area contributed by atoms with Gasteiger partial charge in [-0.15, -0.1) is 0 Å². The van der Waals surface area contributed by atoms with Crippen LogP contribution in [0.1, 0.15) is 30.9 Å². The van der Waals surface area contributed by atoms with Crippen LogP contribution in [-0.4, -0.2) is 13.6 Å². The van der Waals surface area contributed by atoms with E-state index in [9.17, 15) is 0 Å². The largest absolute Gasteiger partial charge is 0.319 e. The molecule has 0 aliphatic rings. The topological polar surface area (TPSA) is 12.0 Å². The lowest BCUT2D eigenvalue weighted by molar-refractivity contribution is 0.672. The van der Waals surface area contributed by atoms with Crippen LogP contribution in [0.4, 0.5) is 0 Å². The van der Waals surface area contributed by atoms with Gasteiger partial charge in [-0.05, 0) is 30.5 Å². The Bertz CT molecular complexity index is 255. The predicted octanol–water partition coefficient (Wildman–Crippen LogP) is 2.57. The molecule has 1 heteroatoms. The maximum atomic E-state index is 3.22. The average Bonchev–Trinajstić information content (AvgIpc) is 2.18. The minimum Gasteiger partial charge on any atom is -0.319 e. The highest BCUT2D eigenvalue weighted by atomic mass is 14.8. The molecule has 0 aromatic heterocycles. The number of nitrogens with one attached hydrogen (secondary N) is 1. The van der Waals surface area contributed by atoms with Gasteiger partial charge in [0.05, 0.1) is 0 Å². The Morgan fingerprint density at radius 3 is 2.62 bits per heavy atom. The lowest BCUT2D eigenvalue weighted by atomic mass is 9.94. The molecule has 13 heavy (non-hydrogen) atoms. The van der Waals surface area contributed by atoms with E-state index < -0.39 is 0 Å². The third kappa shape index (κ3) is 2.56. The molecule has 1 aromatic carbocycles. The molecule has 0 saturated heterocycles.